The van der Waals surface area contributed by atoms with Gasteiger partial charge in [-0.1, -0.05) is 227 Å². The third-order valence-electron chi connectivity index (χ3n) is 13.4. The van der Waals surface area contributed by atoms with Gasteiger partial charge in [0.15, 0.2) is 12.2 Å². The van der Waals surface area contributed by atoms with Gasteiger partial charge >= 0.3 is 39.5 Å². The normalized spacial score (nSPS) is 14.8. The van der Waals surface area contributed by atoms with Crippen LogP contribution in [0.1, 0.15) is 279 Å². The average molecular weight is 1130 g/mol. The maximum atomic E-state index is 12.9. The van der Waals surface area contributed by atoms with Gasteiger partial charge in [-0.2, -0.15) is 0 Å². The zero-order valence-electron chi connectivity index (χ0n) is 48.4. The summed E-state index contributed by atoms with van der Waals surface area (Å²) in [4.78, 5) is 71.3. The molecule has 19 heteroatoms. The zero-order valence-corrected chi connectivity index (χ0v) is 50.2. The van der Waals surface area contributed by atoms with Gasteiger partial charge in [-0.3, -0.25) is 37.3 Å². The molecule has 450 valence electrons. The molecule has 0 aromatic rings. The summed E-state index contributed by atoms with van der Waals surface area (Å²) in [6.45, 7) is 6.98. The number of phosphoric ester groups is 2. The fraction of sp³-hybridized carbons (Fsp3) is 0.930. The third-order valence-corrected chi connectivity index (χ3v) is 15.3. The fourth-order valence-corrected chi connectivity index (χ4v) is 9.89. The number of rotatable bonds is 57. The molecule has 0 fully saturated rings. The molecule has 0 aliphatic heterocycles. The molecule has 76 heavy (non-hydrogen) atoms. The van der Waals surface area contributed by atoms with E-state index in [1.54, 1.807) is 0 Å². The Hall–Kier alpha value is -1.94. The number of hydrogen-bond donors (Lipinski definition) is 3. The summed E-state index contributed by atoms with van der Waals surface area (Å²) < 4.78 is 67.2. The Morgan fingerprint density at radius 2 is 0.632 bits per heavy atom. The molecule has 0 radical (unpaired) electrons. The smallest absolute Gasteiger partial charge is 0.462 e. The fourth-order valence-electron chi connectivity index (χ4n) is 8.31. The first-order valence-electron chi connectivity index (χ1n) is 30.2. The number of esters is 4. The number of carbonyl (C=O) groups is 4. The number of aliphatic hydroxyl groups is 1. The van der Waals surface area contributed by atoms with Crippen molar-refractivity contribution in [1.82, 2.24) is 0 Å². The number of ether oxygens (including phenoxy) is 4. The second kappa shape index (κ2) is 51.2. The molecule has 0 aromatic heterocycles. The van der Waals surface area contributed by atoms with Crippen molar-refractivity contribution < 1.29 is 80.2 Å². The Bertz CT molecular complexity index is 1500. The number of hydrogen-bond acceptors (Lipinski definition) is 15. The number of unbranched alkanes of at least 4 members (excludes halogenated alkanes) is 28. The van der Waals surface area contributed by atoms with E-state index in [4.69, 9.17) is 37.0 Å². The summed E-state index contributed by atoms with van der Waals surface area (Å²) in [5.41, 5.74) is 0. The Balaban J connectivity index is 5.05. The van der Waals surface area contributed by atoms with E-state index in [9.17, 15) is 43.2 Å². The van der Waals surface area contributed by atoms with Crippen LogP contribution in [0, 0.1) is 5.92 Å². The molecular weight excluding hydrogens is 1020 g/mol. The Morgan fingerprint density at radius 3 is 0.934 bits per heavy atom. The third kappa shape index (κ3) is 50.3. The lowest BCUT2D eigenvalue weighted by Gasteiger charge is -2.21. The van der Waals surface area contributed by atoms with E-state index in [2.05, 4.69) is 34.6 Å². The molecule has 0 heterocycles. The predicted octanol–water partition coefficient (Wildman–Crippen LogP) is 15.1. The molecule has 0 amide bonds. The molecule has 0 bridgehead atoms. The van der Waals surface area contributed by atoms with Crippen LogP contribution in [0.3, 0.4) is 0 Å². The predicted molar refractivity (Wildman–Crippen MR) is 298 cm³/mol. The highest BCUT2D eigenvalue weighted by atomic mass is 31.2. The Labute approximate surface area is 460 Å². The van der Waals surface area contributed by atoms with E-state index in [0.29, 0.717) is 25.7 Å². The first-order chi connectivity index (χ1) is 36.6. The van der Waals surface area contributed by atoms with Crippen molar-refractivity contribution in [2.24, 2.45) is 5.92 Å². The molecule has 0 spiro atoms. The van der Waals surface area contributed by atoms with Crippen LogP contribution < -0.4 is 0 Å². The van der Waals surface area contributed by atoms with Crippen LogP contribution in [-0.2, 0) is 65.4 Å². The molecule has 0 saturated heterocycles. The van der Waals surface area contributed by atoms with Crippen molar-refractivity contribution in [3.63, 3.8) is 0 Å². The van der Waals surface area contributed by atoms with Crippen molar-refractivity contribution >= 4 is 39.5 Å². The summed E-state index contributed by atoms with van der Waals surface area (Å²) in [7, 11) is -9.85. The summed E-state index contributed by atoms with van der Waals surface area (Å²) in [5, 5.41) is 10.4. The summed E-state index contributed by atoms with van der Waals surface area (Å²) >= 11 is 0. The lowest BCUT2D eigenvalue weighted by molar-refractivity contribution is -0.161. The maximum Gasteiger partial charge on any atom is 0.472 e. The van der Waals surface area contributed by atoms with Crippen LogP contribution in [0.2, 0.25) is 0 Å². The summed E-state index contributed by atoms with van der Waals surface area (Å²) in [6, 6.07) is 0. The van der Waals surface area contributed by atoms with E-state index in [-0.39, 0.29) is 25.7 Å². The molecular formula is C57H110O17P2. The van der Waals surface area contributed by atoms with Gasteiger partial charge in [0.2, 0.25) is 0 Å². The number of carbonyl (C=O) groups excluding carboxylic acids is 4. The van der Waals surface area contributed by atoms with Gasteiger partial charge in [-0.25, -0.2) is 9.13 Å². The van der Waals surface area contributed by atoms with Crippen molar-refractivity contribution in [1.29, 1.82) is 0 Å². The van der Waals surface area contributed by atoms with Gasteiger partial charge in [0.25, 0.3) is 0 Å². The van der Waals surface area contributed by atoms with Crippen molar-refractivity contribution in [3.05, 3.63) is 0 Å². The highest BCUT2D eigenvalue weighted by molar-refractivity contribution is 7.47. The summed E-state index contributed by atoms with van der Waals surface area (Å²) in [6.07, 6.45) is 32.9. The van der Waals surface area contributed by atoms with Gasteiger partial charge in [0.05, 0.1) is 26.4 Å². The highest BCUT2D eigenvalue weighted by Crippen LogP contribution is 2.45. The van der Waals surface area contributed by atoms with E-state index >= 15 is 0 Å². The quantitative estimate of drug-likeness (QED) is 0.0222. The van der Waals surface area contributed by atoms with Gasteiger partial charge in [0.1, 0.15) is 19.3 Å². The molecule has 0 saturated carbocycles. The van der Waals surface area contributed by atoms with Crippen molar-refractivity contribution in [2.45, 2.75) is 297 Å². The van der Waals surface area contributed by atoms with Crippen LogP contribution in [0.5, 0.6) is 0 Å². The van der Waals surface area contributed by atoms with Gasteiger partial charge in [-0.05, 0) is 31.6 Å². The minimum Gasteiger partial charge on any atom is -0.462 e. The van der Waals surface area contributed by atoms with E-state index < -0.39 is 97.5 Å². The summed E-state index contributed by atoms with van der Waals surface area (Å²) in [5.74, 6) is -1.32. The topological polar surface area (TPSA) is 237 Å². The Kier molecular flexibility index (Phi) is 49.9. The number of aliphatic hydroxyl groups excluding tert-OH is 1. The molecule has 0 aromatic carbocycles. The second-order valence-electron chi connectivity index (χ2n) is 20.9. The number of phosphoric acid groups is 2. The van der Waals surface area contributed by atoms with E-state index in [1.165, 1.54) is 89.9 Å². The largest absolute Gasteiger partial charge is 0.472 e. The Morgan fingerprint density at radius 1 is 0.368 bits per heavy atom. The minimum atomic E-state index is -4.93. The molecule has 0 aliphatic carbocycles. The van der Waals surface area contributed by atoms with Crippen LogP contribution in [0.15, 0.2) is 0 Å². The van der Waals surface area contributed by atoms with Gasteiger partial charge in [0, 0.05) is 25.7 Å². The molecule has 0 rings (SSSR count). The van der Waals surface area contributed by atoms with Crippen molar-refractivity contribution in [2.75, 3.05) is 39.6 Å². The standard InChI is InChI=1S/C57H110O17P2/c1-6-10-13-16-17-27-32-36-41-55(60)68-47-53(74-57(62)43-38-33-28-25-23-21-19-18-20-22-24-26-31-34-39-50(5)9-4)49-72-76(65,66)70-45-51(58)44-69-75(63,64)71-48-52(73-56(61)42-37-30-15-12-8-3)46-67-54(59)40-35-29-14-11-7-2/h50-53,58H,6-49H2,1-5H3,(H,63,64)(H,65,66)/t50?,51-,52+,53+/m0/s1. The maximum absolute atomic E-state index is 12.9. The monoisotopic (exact) mass is 1130 g/mol. The van der Waals surface area contributed by atoms with E-state index in [0.717, 1.165) is 109 Å². The minimum absolute atomic E-state index is 0.0987. The highest BCUT2D eigenvalue weighted by Gasteiger charge is 2.30. The molecule has 0 aliphatic rings. The van der Waals surface area contributed by atoms with Crippen molar-refractivity contribution in [3.8, 4) is 0 Å². The molecule has 17 nitrogen and oxygen atoms in total. The zero-order chi connectivity index (χ0) is 56.4. The van der Waals surface area contributed by atoms with Gasteiger partial charge < -0.3 is 33.8 Å². The average Bonchev–Trinajstić information content (AvgIpc) is 3.39. The first-order valence-corrected chi connectivity index (χ1v) is 33.2. The van der Waals surface area contributed by atoms with Crippen LogP contribution >= 0.6 is 15.6 Å². The van der Waals surface area contributed by atoms with E-state index in [1.807, 2.05) is 0 Å². The lowest BCUT2D eigenvalue weighted by Crippen LogP contribution is -2.30. The van der Waals surface area contributed by atoms with Crippen LogP contribution in [0.4, 0.5) is 0 Å². The van der Waals surface area contributed by atoms with Gasteiger partial charge in [-0.15, -0.1) is 0 Å². The van der Waals surface area contributed by atoms with Crippen LogP contribution in [0.25, 0.3) is 0 Å². The first kappa shape index (κ1) is 74.1. The lowest BCUT2D eigenvalue weighted by atomic mass is 9.99. The second-order valence-corrected chi connectivity index (χ2v) is 23.8. The molecule has 3 N–H and O–H groups in total. The van der Waals surface area contributed by atoms with Crippen LogP contribution in [-0.4, -0.2) is 96.7 Å². The SMILES string of the molecule is CCCCCCCCCCC(=O)OC[C@H](COP(=O)(O)OC[C@@H](O)COP(=O)(O)OC[C@@H](COC(=O)CCCCCCC)OC(=O)CCCCCCC)OC(=O)CCCCCCCCCCCCCCCCC(C)CC. The molecule has 6 atom stereocenters. The molecule has 3 unspecified atom stereocenters.